The van der Waals surface area contributed by atoms with Crippen molar-refractivity contribution in [2.45, 2.75) is 85.0 Å². The third kappa shape index (κ3) is 8.74. The standard InChI is InChI=1S/C34H42ClN3O5/c1-21-14-13-19-25(35)27(21)37-30(40)28(24-18-12-15-22(2)29(24)39)38(33(3,4)5)31(41)26(20-23-16-10-9-11-17-23)36-32(42)43-34(6,7)8/h9-19,26,28,39H,20H2,1-8H3,(H,36,42)(H,37,40). The summed E-state index contributed by atoms with van der Waals surface area (Å²) < 4.78 is 5.50. The van der Waals surface area contributed by atoms with Crippen molar-refractivity contribution >= 4 is 35.2 Å². The number of aromatic hydroxyl groups is 1. The summed E-state index contributed by atoms with van der Waals surface area (Å²) >= 11 is 6.46. The third-order valence-corrected chi connectivity index (χ3v) is 7.09. The highest BCUT2D eigenvalue weighted by atomic mass is 35.5. The van der Waals surface area contributed by atoms with Gasteiger partial charge < -0.3 is 25.4 Å². The molecular weight excluding hydrogens is 566 g/mol. The van der Waals surface area contributed by atoms with Crippen molar-refractivity contribution in [2.75, 3.05) is 5.32 Å². The number of alkyl carbamates (subject to hydrolysis) is 1. The predicted molar refractivity (Wildman–Crippen MR) is 170 cm³/mol. The second kappa shape index (κ2) is 13.5. The van der Waals surface area contributed by atoms with E-state index in [1.54, 1.807) is 78.8 Å². The van der Waals surface area contributed by atoms with Crippen LogP contribution in [0.5, 0.6) is 5.75 Å². The molecule has 0 radical (unpaired) electrons. The molecule has 3 aromatic carbocycles. The van der Waals surface area contributed by atoms with E-state index in [-0.39, 0.29) is 17.7 Å². The van der Waals surface area contributed by atoms with Crippen LogP contribution in [0.3, 0.4) is 0 Å². The van der Waals surface area contributed by atoms with E-state index in [0.29, 0.717) is 16.3 Å². The minimum atomic E-state index is -1.29. The number of nitrogens with zero attached hydrogens (tertiary/aromatic N) is 1. The summed E-state index contributed by atoms with van der Waals surface area (Å²) in [6.45, 7) is 14.1. The van der Waals surface area contributed by atoms with E-state index in [2.05, 4.69) is 10.6 Å². The minimum Gasteiger partial charge on any atom is -0.507 e. The van der Waals surface area contributed by atoms with Crippen LogP contribution in [0, 0.1) is 13.8 Å². The Labute approximate surface area is 259 Å². The summed E-state index contributed by atoms with van der Waals surface area (Å²) in [5.74, 6) is -1.21. The van der Waals surface area contributed by atoms with Crippen LogP contribution in [0.25, 0.3) is 0 Å². The number of amides is 3. The monoisotopic (exact) mass is 607 g/mol. The van der Waals surface area contributed by atoms with Gasteiger partial charge in [-0.05, 0) is 78.1 Å². The number of phenols is 1. The quantitative estimate of drug-likeness (QED) is 0.253. The largest absolute Gasteiger partial charge is 0.507 e. The number of halogens is 1. The molecule has 2 atom stereocenters. The van der Waals surface area contributed by atoms with E-state index >= 15 is 0 Å². The summed E-state index contributed by atoms with van der Waals surface area (Å²) in [4.78, 5) is 43.3. The van der Waals surface area contributed by atoms with Crippen molar-refractivity contribution in [3.8, 4) is 5.75 Å². The lowest BCUT2D eigenvalue weighted by atomic mass is 9.92. The number of phenolic OH excluding ortho intramolecular Hbond substituents is 1. The Morgan fingerprint density at radius 1 is 0.884 bits per heavy atom. The molecular formula is C34H42ClN3O5. The molecule has 9 heteroatoms. The first-order valence-corrected chi connectivity index (χ1v) is 14.6. The molecule has 0 aliphatic carbocycles. The van der Waals surface area contributed by atoms with Crippen LogP contribution >= 0.6 is 11.6 Å². The molecule has 3 amide bonds. The molecule has 3 aromatic rings. The summed E-state index contributed by atoms with van der Waals surface area (Å²) in [6, 6.07) is 17.2. The van der Waals surface area contributed by atoms with E-state index in [4.69, 9.17) is 16.3 Å². The number of para-hydroxylation sites is 2. The number of carbonyl (C=O) groups excluding carboxylic acids is 3. The first-order chi connectivity index (χ1) is 20.0. The van der Waals surface area contributed by atoms with Crippen molar-refractivity contribution in [1.82, 2.24) is 10.2 Å². The smallest absolute Gasteiger partial charge is 0.408 e. The van der Waals surface area contributed by atoms with E-state index in [1.165, 1.54) is 4.90 Å². The van der Waals surface area contributed by atoms with Gasteiger partial charge in [-0.25, -0.2) is 4.79 Å². The van der Waals surface area contributed by atoms with Gasteiger partial charge in [-0.2, -0.15) is 0 Å². The van der Waals surface area contributed by atoms with E-state index in [1.807, 2.05) is 43.3 Å². The van der Waals surface area contributed by atoms with Crippen LogP contribution in [0.15, 0.2) is 66.7 Å². The summed E-state index contributed by atoms with van der Waals surface area (Å²) in [5.41, 5.74) is 0.971. The molecule has 3 rings (SSSR count). The lowest BCUT2D eigenvalue weighted by Gasteiger charge is -2.43. The molecule has 0 aliphatic heterocycles. The average molecular weight is 608 g/mol. The number of aryl methyl sites for hydroxylation is 2. The van der Waals surface area contributed by atoms with E-state index < -0.39 is 41.1 Å². The van der Waals surface area contributed by atoms with Crippen molar-refractivity contribution < 1.29 is 24.2 Å². The maximum atomic E-state index is 14.7. The van der Waals surface area contributed by atoms with Gasteiger partial charge in [-0.1, -0.05) is 72.3 Å². The zero-order chi connectivity index (χ0) is 32.1. The normalized spacial score (nSPS) is 13.0. The lowest BCUT2D eigenvalue weighted by Crippen LogP contribution is -2.58. The first-order valence-electron chi connectivity index (χ1n) is 14.2. The average Bonchev–Trinajstić information content (AvgIpc) is 2.89. The number of ether oxygens (including phenoxy) is 1. The van der Waals surface area contributed by atoms with Crippen molar-refractivity contribution in [3.05, 3.63) is 94.0 Å². The van der Waals surface area contributed by atoms with Gasteiger partial charge in [0.15, 0.2) is 0 Å². The van der Waals surface area contributed by atoms with Gasteiger partial charge in [-0.3, -0.25) is 9.59 Å². The van der Waals surface area contributed by atoms with Crippen LogP contribution in [0.1, 0.15) is 69.8 Å². The predicted octanol–water partition coefficient (Wildman–Crippen LogP) is 7.11. The highest BCUT2D eigenvalue weighted by molar-refractivity contribution is 6.34. The van der Waals surface area contributed by atoms with Crippen LogP contribution in [0.2, 0.25) is 5.02 Å². The minimum absolute atomic E-state index is 0.111. The Morgan fingerprint density at radius 2 is 1.49 bits per heavy atom. The molecule has 230 valence electrons. The highest BCUT2D eigenvalue weighted by Crippen LogP contribution is 2.37. The number of nitrogens with one attached hydrogen (secondary N) is 2. The Balaban J connectivity index is 2.17. The number of benzene rings is 3. The topological polar surface area (TPSA) is 108 Å². The zero-order valence-electron chi connectivity index (χ0n) is 26.1. The molecule has 43 heavy (non-hydrogen) atoms. The molecule has 0 fully saturated rings. The number of anilines is 1. The van der Waals surface area contributed by atoms with Gasteiger partial charge in [0, 0.05) is 17.5 Å². The molecule has 0 aromatic heterocycles. The van der Waals surface area contributed by atoms with Crippen LogP contribution in [-0.4, -0.2) is 45.1 Å². The maximum absolute atomic E-state index is 14.7. The number of rotatable bonds is 8. The fourth-order valence-electron chi connectivity index (χ4n) is 4.79. The first kappa shape index (κ1) is 33.5. The molecule has 0 bridgehead atoms. The van der Waals surface area contributed by atoms with Gasteiger partial charge in [-0.15, -0.1) is 0 Å². The number of carbonyl (C=O) groups is 3. The second-order valence-electron chi connectivity index (χ2n) is 12.6. The molecule has 8 nitrogen and oxygen atoms in total. The lowest BCUT2D eigenvalue weighted by molar-refractivity contribution is -0.146. The number of hydrogen-bond acceptors (Lipinski definition) is 5. The zero-order valence-corrected chi connectivity index (χ0v) is 26.9. The van der Waals surface area contributed by atoms with Crippen LogP contribution in [-0.2, 0) is 20.7 Å². The Morgan fingerprint density at radius 3 is 2.07 bits per heavy atom. The van der Waals surface area contributed by atoms with E-state index in [0.717, 1.165) is 11.1 Å². The highest BCUT2D eigenvalue weighted by Gasteiger charge is 2.43. The summed E-state index contributed by atoms with van der Waals surface area (Å²) in [7, 11) is 0. The van der Waals surface area contributed by atoms with Crippen LogP contribution in [0.4, 0.5) is 10.5 Å². The molecule has 0 aliphatic rings. The Kier molecular flexibility index (Phi) is 10.5. The fourth-order valence-corrected chi connectivity index (χ4v) is 5.06. The molecule has 0 saturated heterocycles. The fraction of sp³-hybridized carbons (Fsp3) is 0.382. The molecule has 2 unspecified atom stereocenters. The van der Waals surface area contributed by atoms with Crippen LogP contribution < -0.4 is 10.6 Å². The Bertz CT molecular complexity index is 1440. The van der Waals surface area contributed by atoms with Gasteiger partial charge in [0.25, 0.3) is 5.91 Å². The SMILES string of the molecule is Cc1cccc(C(C(=O)Nc2c(C)cccc2Cl)N(C(=O)C(Cc2ccccc2)NC(=O)OC(C)(C)C)C(C)(C)C)c1O. The summed E-state index contributed by atoms with van der Waals surface area (Å²) in [5, 5.41) is 17.2. The van der Waals surface area contributed by atoms with E-state index in [9.17, 15) is 19.5 Å². The molecule has 0 saturated carbocycles. The van der Waals surface area contributed by atoms with Crippen molar-refractivity contribution in [3.63, 3.8) is 0 Å². The van der Waals surface area contributed by atoms with Crippen molar-refractivity contribution in [1.29, 1.82) is 0 Å². The van der Waals surface area contributed by atoms with Gasteiger partial charge in [0.2, 0.25) is 5.91 Å². The third-order valence-electron chi connectivity index (χ3n) is 6.77. The van der Waals surface area contributed by atoms with Gasteiger partial charge in [0.1, 0.15) is 23.4 Å². The number of hydrogen-bond donors (Lipinski definition) is 3. The second-order valence-corrected chi connectivity index (χ2v) is 13.0. The molecule has 0 heterocycles. The molecule has 3 N–H and O–H groups in total. The van der Waals surface area contributed by atoms with Gasteiger partial charge >= 0.3 is 6.09 Å². The summed E-state index contributed by atoms with van der Waals surface area (Å²) in [6.07, 6.45) is -0.620. The molecule has 0 spiro atoms. The Hall–Kier alpha value is -4.04. The van der Waals surface area contributed by atoms with Gasteiger partial charge in [0.05, 0.1) is 10.7 Å². The maximum Gasteiger partial charge on any atom is 0.408 e. The van der Waals surface area contributed by atoms with Crippen molar-refractivity contribution in [2.24, 2.45) is 0 Å².